The Labute approximate surface area is 96.9 Å². The highest BCUT2D eigenvalue weighted by molar-refractivity contribution is 7.11. The average molecular weight is 243 g/mol. The van der Waals surface area contributed by atoms with Crippen LogP contribution < -0.4 is 0 Å². The van der Waals surface area contributed by atoms with Crippen molar-refractivity contribution in [1.82, 2.24) is 19.7 Å². The number of alkyl halides is 1. The van der Waals surface area contributed by atoms with Gasteiger partial charge in [0.15, 0.2) is 0 Å². The summed E-state index contributed by atoms with van der Waals surface area (Å²) in [5.41, 5.74) is 0.997. The van der Waals surface area contributed by atoms with E-state index in [0.29, 0.717) is 5.88 Å². The molecule has 0 aliphatic heterocycles. The summed E-state index contributed by atoms with van der Waals surface area (Å²) < 4.78 is 2.02. The van der Waals surface area contributed by atoms with Gasteiger partial charge in [-0.1, -0.05) is 11.3 Å². The van der Waals surface area contributed by atoms with Crippen molar-refractivity contribution in [3.05, 3.63) is 28.2 Å². The van der Waals surface area contributed by atoms with Crippen molar-refractivity contribution in [3.8, 4) is 0 Å². The van der Waals surface area contributed by atoms with E-state index < -0.39 is 0 Å². The van der Waals surface area contributed by atoms with Gasteiger partial charge in [-0.05, 0) is 13.8 Å². The number of rotatable bonds is 3. The second-order valence-electron chi connectivity index (χ2n) is 3.26. The first-order chi connectivity index (χ1) is 7.22. The molecule has 0 amide bonds. The Morgan fingerprint density at radius 3 is 2.93 bits per heavy atom. The first kappa shape index (κ1) is 10.6. The molecule has 0 aromatic carbocycles. The van der Waals surface area contributed by atoms with Crippen molar-refractivity contribution >= 4 is 22.9 Å². The molecule has 0 saturated heterocycles. The molecule has 4 nitrogen and oxygen atoms in total. The Morgan fingerprint density at radius 1 is 1.53 bits per heavy atom. The molecule has 0 bridgehead atoms. The first-order valence-corrected chi connectivity index (χ1v) is 5.94. The van der Waals surface area contributed by atoms with Crippen LogP contribution in [0.5, 0.6) is 0 Å². The van der Waals surface area contributed by atoms with Gasteiger partial charge in [-0.3, -0.25) is 0 Å². The van der Waals surface area contributed by atoms with Gasteiger partial charge >= 0.3 is 0 Å². The van der Waals surface area contributed by atoms with Crippen LogP contribution in [0.25, 0.3) is 0 Å². The van der Waals surface area contributed by atoms with Crippen LogP contribution in [0.3, 0.4) is 0 Å². The summed E-state index contributed by atoms with van der Waals surface area (Å²) in [4.78, 5) is 4.08. The standard InChI is InChI=1S/C9H11ClN4S/c1-6(9-13-12-7(2)15-9)14-5-11-4-8(14)3-10/h4-6H,3H2,1-2H3. The molecule has 0 saturated carbocycles. The molecule has 0 radical (unpaired) electrons. The average Bonchev–Trinajstić information content (AvgIpc) is 2.84. The highest BCUT2D eigenvalue weighted by Gasteiger charge is 2.14. The Balaban J connectivity index is 2.31. The van der Waals surface area contributed by atoms with Gasteiger partial charge in [0.1, 0.15) is 10.0 Å². The summed E-state index contributed by atoms with van der Waals surface area (Å²) in [7, 11) is 0. The summed E-state index contributed by atoms with van der Waals surface area (Å²) in [6.45, 7) is 4.02. The van der Waals surface area contributed by atoms with E-state index in [0.717, 1.165) is 15.7 Å². The minimum Gasteiger partial charge on any atom is -0.324 e. The zero-order valence-electron chi connectivity index (χ0n) is 8.51. The van der Waals surface area contributed by atoms with E-state index in [1.807, 2.05) is 11.5 Å². The fourth-order valence-electron chi connectivity index (χ4n) is 1.38. The minimum absolute atomic E-state index is 0.146. The van der Waals surface area contributed by atoms with Gasteiger partial charge in [0.25, 0.3) is 0 Å². The monoisotopic (exact) mass is 242 g/mol. The summed E-state index contributed by atoms with van der Waals surface area (Å²) >= 11 is 7.42. The fourth-order valence-corrected chi connectivity index (χ4v) is 2.34. The molecule has 6 heteroatoms. The lowest BCUT2D eigenvalue weighted by Gasteiger charge is -2.11. The summed E-state index contributed by atoms with van der Waals surface area (Å²) in [6, 6.07) is 0.146. The van der Waals surface area contributed by atoms with Crippen LogP contribution >= 0.6 is 22.9 Å². The van der Waals surface area contributed by atoms with Crippen LogP contribution in [0.1, 0.15) is 28.7 Å². The highest BCUT2D eigenvalue weighted by Crippen LogP contribution is 2.23. The lowest BCUT2D eigenvalue weighted by atomic mass is 10.3. The first-order valence-electron chi connectivity index (χ1n) is 4.59. The predicted molar refractivity (Wildman–Crippen MR) is 60.2 cm³/mol. The number of hydrogen-bond donors (Lipinski definition) is 0. The Kier molecular flexibility index (Phi) is 3.02. The van der Waals surface area contributed by atoms with Crippen molar-refractivity contribution in [2.45, 2.75) is 25.8 Å². The molecular weight excluding hydrogens is 232 g/mol. The molecule has 0 spiro atoms. The van der Waals surface area contributed by atoms with Crippen molar-refractivity contribution in [3.63, 3.8) is 0 Å². The smallest absolute Gasteiger partial charge is 0.140 e. The second-order valence-corrected chi connectivity index (χ2v) is 4.74. The summed E-state index contributed by atoms with van der Waals surface area (Å²) in [5.74, 6) is 0.460. The molecule has 2 aromatic rings. The van der Waals surface area contributed by atoms with Crippen molar-refractivity contribution in [1.29, 1.82) is 0 Å². The summed E-state index contributed by atoms with van der Waals surface area (Å²) in [6.07, 6.45) is 3.55. The lowest BCUT2D eigenvalue weighted by molar-refractivity contribution is 0.609. The third-order valence-electron chi connectivity index (χ3n) is 2.20. The molecule has 2 heterocycles. The lowest BCUT2D eigenvalue weighted by Crippen LogP contribution is -2.08. The third kappa shape index (κ3) is 2.03. The predicted octanol–water partition coefficient (Wildman–Crippen LogP) is 2.39. The highest BCUT2D eigenvalue weighted by atomic mass is 35.5. The quantitative estimate of drug-likeness (QED) is 0.777. The second kappa shape index (κ2) is 4.28. The van der Waals surface area contributed by atoms with Gasteiger partial charge in [-0.2, -0.15) is 0 Å². The maximum atomic E-state index is 5.82. The number of imidazole rings is 1. The van der Waals surface area contributed by atoms with E-state index in [9.17, 15) is 0 Å². The zero-order valence-corrected chi connectivity index (χ0v) is 10.1. The van der Waals surface area contributed by atoms with Gasteiger partial charge < -0.3 is 4.57 Å². The fraction of sp³-hybridized carbons (Fsp3) is 0.444. The Hall–Kier alpha value is -0.940. The van der Waals surface area contributed by atoms with E-state index in [1.165, 1.54) is 0 Å². The maximum Gasteiger partial charge on any atom is 0.140 e. The number of aryl methyl sites for hydroxylation is 1. The van der Waals surface area contributed by atoms with Crippen LogP contribution in [0.15, 0.2) is 12.5 Å². The molecule has 80 valence electrons. The van der Waals surface area contributed by atoms with Gasteiger partial charge in [0, 0.05) is 6.20 Å². The number of nitrogens with zero attached hydrogens (tertiary/aromatic N) is 4. The third-order valence-corrected chi connectivity index (χ3v) is 3.48. The van der Waals surface area contributed by atoms with Crippen molar-refractivity contribution in [2.24, 2.45) is 0 Å². The van der Waals surface area contributed by atoms with Crippen LogP contribution in [-0.4, -0.2) is 19.7 Å². The molecule has 2 aromatic heterocycles. The zero-order chi connectivity index (χ0) is 10.8. The Bertz CT molecular complexity index is 450. The molecule has 15 heavy (non-hydrogen) atoms. The van der Waals surface area contributed by atoms with E-state index in [1.54, 1.807) is 23.9 Å². The number of halogens is 1. The van der Waals surface area contributed by atoms with Gasteiger partial charge in [0.2, 0.25) is 0 Å². The molecule has 0 aliphatic carbocycles. The molecular formula is C9H11ClN4S. The number of aromatic nitrogens is 4. The normalized spacial score (nSPS) is 13.0. The van der Waals surface area contributed by atoms with E-state index in [4.69, 9.17) is 11.6 Å². The van der Waals surface area contributed by atoms with Crippen molar-refractivity contribution < 1.29 is 0 Å². The minimum atomic E-state index is 0.146. The number of hydrogen-bond acceptors (Lipinski definition) is 4. The van der Waals surface area contributed by atoms with Gasteiger partial charge in [0.05, 0.1) is 23.9 Å². The van der Waals surface area contributed by atoms with Crippen LogP contribution in [0.4, 0.5) is 0 Å². The molecule has 0 aliphatic rings. The molecule has 1 unspecified atom stereocenters. The molecule has 0 fully saturated rings. The SMILES string of the molecule is Cc1nnc(C(C)n2cncc2CCl)s1. The largest absolute Gasteiger partial charge is 0.324 e. The van der Waals surface area contributed by atoms with Gasteiger partial charge in [-0.15, -0.1) is 21.8 Å². The topological polar surface area (TPSA) is 43.6 Å². The van der Waals surface area contributed by atoms with E-state index >= 15 is 0 Å². The molecule has 0 N–H and O–H groups in total. The Morgan fingerprint density at radius 2 is 2.33 bits per heavy atom. The van der Waals surface area contributed by atoms with Gasteiger partial charge in [-0.25, -0.2) is 4.98 Å². The summed E-state index contributed by atoms with van der Waals surface area (Å²) in [5, 5.41) is 10.1. The van der Waals surface area contributed by atoms with Crippen LogP contribution in [0, 0.1) is 6.92 Å². The van der Waals surface area contributed by atoms with Crippen LogP contribution in [-0.2, 0) is 5.88 Å². The maximum absolute atomic E-state index is 5.82. The van der Waals surface area contributed by atoms with Crippen LogP contribution in [0.2, 0.25) is 0 Å². The molecule has 2 rings (SSSR count). The van der Waals surface area contributed by atoms with E-state index in [-0.39, 0.29) is 6.04 Å². The van der Waals surface area contributed by atoms with Crippen molar-refractivity contribution in [2.75, 3.05) is 0 Å². The molecule has 1 atom stereocenters. The van der Waals surface area contributed by atoms with E-state index in [2.05, 4.69) is 22.1 Å².